The molecule has 1 aliphatic carbocycles. The summed E-state index contributed by atoms with van der Waals surface area (Å²) in [7, 11) is 0. The molecule has 13 heavy (non-hydrogen) atoms. The van der Waals surface area contributed by atoms with E-state index >= 15 is 0 Å². The Hall–Kier alpha value is -0.770. The molecule has 1 aliphatic heterocycles. The Balaban J connectivity index is 2.02. The van der Waals surface area contributed by atoms with Crippen LogP contribution in [-0.4, -0.2) is 23.5 Å². The number of nitrogens with two attached hydrogens (primary N) is 1. The van der Waals surface area contributed by atoms with Gasteiger partial charge in [0.2, 0.25) is 0 Å². The fraction of sp³-hybridized carbons (Fsp3) is 0.889. The molecule has 2 fully saturated rings. The van der Waals surface area contributed by atoms with Crippen LogP contribution in [0.3, 0.4) is 0 Å². The lowest BCUT2D eigenvalue weighted by molar-refractivity contribution is 0.170. The summed E-state index contributed by atoms with van der Waals surface area (Å²) in [5.74, 6) is 5.87. The maximum absolute atomic E-state index is 11.4. The monoisotopic (exact) mass is 183 g/mol. The molecule has 2 amide bonds. The van der Waals surface area contributed by atoms with Gasteiger partial charge in [0.05, 0.1) is 0 Å². The average Bonchev–Trinajstić information content (AvgIpc) is 2.60. The van der Waals surface area contributed by atoms with Crippen molar-refractivity contribution >= 4 is 6.03 Å². The molecule has 0 spiro atoms. The number of hydrazine groups is 1. The van der Waals surface area contributed by atoms with Crippen LogP contribution in [0.1, 0.15) is 32.1 Å². The van der Waals surface area contributed by atoms with Crippen molar-refractivity contribution in [1.29, 1.82) is 0 Å². The van der Waals surface area contributed by atoms with Crippen molar-refractivity contribution in [1.82, 2.24) is 10.3 Å². The van der Waals surface area contributed by atoms with Crippen molar-refractivity contribution in [3.8, 4) is 0 Å². The zero-order chi connectivity index (χ0) is 9.26. The highest BCUT2D eigenvalue weighted by molar-refractivity contribution is 5.74. The minimum Gasteiger partial charge on any atom is -0.320 e. The van der Waals surface area contributed by atoms with Crippen molar-refractivity contribution < 1.29 is 4.79 Å². The highest BCUT2D eigenvalue weighted by Gasteiger charge is 2.37. The molecule has 1 saturated heterocycles. The topological polar surface area (TPSA) is 58.4 Å². The second kappa shape index (κ2) is 3.54. The summed E-state index contributed by atoms with van der Waals surface area (Å²) in [6.07, 6.45) is 6.21. The summed E-state index contributed by atoms with van der Waals surface area (Å²) in [6.45, 7) is 0.887. The Morgan fingerprint density at radius 3 is 2.85 bits per heavy atom. The summed E-state index contributed by atoms with van der Waals surface area (Å²) >= 11 is 0. The number of nitrogens with one attached hydrogen (secondary N) is 1. The number of rotatable bonds is 0. The van der Waals surface area contributed by atoms with Crippen molar-refractivity contribution in [2.24, 2.45) is 11.8 Å². The number of nitrogens with zero attached hydrogens (tertiary/aromatic N) is 1. The van der Waals surface area contributed by atoms with Crippen LogP contribution in [0, 0.1) is 5.92 Å². The molecule has 2 unspecified atom stereocenters. The van der Waals surface area contributed by atoms with Crippen LogP contribution in [0.2, 0.25) is 0 Å². The largest absolute Gasteiger partial charge is 0.331 e. The van der Waals surface area contributed by atoms with Gasteiger partial charge < -0.3 is 4.90 Å². The minimum absolute atomic E-state index is 0.102. The quantitative estimate of drug-likeness (QED) is 0.332. The van der Waals surface area contributed by atoms with E-state index in [0.29, 0.717) is 6.04 Å². The molecule has 4 nitrogen and oxygen atoms in total. The first-order valence-corrected chi connectivity index (χ1v) is 5.10. The van der Waals surface area contributed by atoms with Crippen LogP contribution in [0.5, 0.6) is 0 Å². The van der Waals surface area contributed by atoms with Crippen LogP contribution in [-0.2, 0) is 0 Å². The fourth-order valence-corrected chi connectivity index (χ4v) is 2.74. The molecular weight excluding hydrogens is 166 g/mol. The maximum atomic E-state index is 11.4. The Morgan fingerprint density at radius 1 is 1.31 bits per heavy atom. The molecule has 1 saturated carbocycles. The first kappa shape index (κ1) is 8.81. The lowest BCUT2D eigenvalue weighted by Crippen LogP contribution is -2.47. The van der Waals surface area contributed by atoms with Crippen molar-refractivity contribution in [2.75, 3.05) is 6.54 Å². The summed E-state index contributed by atoms with van der Waals surface area (Å²) in [4.78, 5) is 13.3. The van der Waals surface area contributed by atoms with Gasteiger partial charge in [0.15, 0.2) is 0 Å². The van der Waals surface area contributed by atoms with Gasteiger partial charge in [-0.15, -0.1) is 0 Å². The van der Waals surface area contributed by atoms with Crippen LogP contribution in [0.4, 0.5) is 4.79 Å². The third kappa shape index (κ3) is 1.50. The van der Waals surface area contributed by atoms with Crippen molar-refractivity contribution in [2.45, 2.75) is 38.1 Å². The molecule has 2 aliphatic rings. The second-order valence-corrected chi connectivity index (χ2v) is 4.04. The third-order valence-electron chi connectivity index (χ3n) is 3.39. The minimum atomic E-state index is -0.102. The first-order chi connectivity index (χ1) is 6.33. The zero-order valence-corrected chi connectivity index (χ0v) is 7.83. The van der Waals surface area contributed by atoms with Gasteiger partial charge in [-0.3, -0.25) is 5.43 Å². The molecule has 2 atom stereocenters. The van der Waals surface area contributed by atoms with Crippen molar-refractivity contribution in [3.63, 3.8) is 0 Å². The molecule has 0 bridgehead atoms. The molecule has 0 radical (unpaired) electrons. The van der Waals surface area contributed by atoms with Gasteiger partial charge in [0.25, 0.3) is 0 Å². The van der Waals surface area contributed by atoms with E-state index in [1.807, 2.05) is 4.90 Å². The maximum Gasteiger partial charge on any atom is 0.331 e. The molecule has 4 heteroatoms. The van der Waals surface area contributed by atoms with Gasteiger partial charge in [-0.1, -0.05) is 12.8 Å². The summed E-state index contributed by atoms with van der Waals surface area (Å²) < 4.78 is 0. The van der Waals surface area contributed by atoms with E-state index < -0.39 is 0 Å². The van der Waals surface area contributed by atoms with Gasteiger partial charge in [-0.05, 0) is 25.2 Å². The van der Waals surface area contributed by atoms with E-state index in [4.69, 9.17) is 5.84 Å². The van der Waals surface area contributed by atoms with Crippen LogP contribution in [0.25, 0.3) is 0 Å². The predicted molar refractivity (Wildman–Crippen MR) is 49.8 cm³/mol. The molecule has 0 aromatic carbocycles. The number of likely N-dealkylation sites (tertiary alicyclic amines) is 1. The van der Waals surface area contributed by atoms with Gasteiger partial charge in [0.1, 0.15) is 0 Å². The van der Waals surface area contributed by atoms with Crippen molar-refractivity contribution in [3.05, 3.63) is 0 Å². The van der Waals surface area contributed by atoms with E-state index in [2.05, 4.69) is 5.43 Å². The lowest BCUT2D eigenvalue weighted by atomic mass is 9.85. The van der Waals surface area contributed by atoms with Gasteiger partial charge in [-0.25, -0.2) is 10.6 Å². The van der Waals surface area contributed by atoms with E-state index in [1.165, 1.54) is 19.3 Å². The molecule has 0 aromatic rings. The standard InChI is InChI=1S/C9H17N3O/c10-11-9(13)12-6-5-7-3-1-2-4-8(7)12/h7-8H,1-6,10H2,(H,11,13). The number of amides is 2. The van der Waals surface area contributed by atoms with E-state index in [9.17, 15) is 4.79 Å². The third-order valence-corrected chi connectivity index (χ3v) is 3.39. The number of carbonyl (C=O) groups excluding carboxylic acids is 1. The highest BCUT2D eigenvalue weighted by Crippen LogP contribution is 2.35. The van der Waals surface area contributed by atoms with Gasteiger partial charge >= 0.3 is 6.03 Å². The van der Waals surface area contributed by atoms with Crippen LogP contribution in [0.15, 0.2) is 0 Å². The highest BCUT2D eigenvalue weighted by atomic mass is 16.2. The number of hydrogen-bond donors (Lipinski definition) is 2. The number of fused-ring (bicyclic) bond motifs is 1. The zero-order valence-electron chi connectivity index (χ0n) is 7.83. The average molecular weight is 183 g/mol. The second-order valence-electron chi connectivity index (χ2n) is 4.04. The van der Waals surface area contributed by atoms with Crippen LogP contribution < -0.4 is 11.3 Å². The summed E-state index contributed by atoms with van der Waals surface area (Å²) in [5.41, 5.74) is 2.23. The molecular formula is C9H17N3O. The van der Waals surface area contributed by atoms with E-state index in [0.717, 1.165) is 25.3 Å². The molecule has 3 N–H and O–H groups in total. The summed E-state index contributed by atoms with van der Waals surface area (Å²) in [6, 6.07) is 0.367. The first-order valence-electron chi connectivity index (χ1n) is 5.10. The Bertz CT molecular complexity index is 207. The van der Waals surface area contributed by atoms with Gasteiger partial charge in [0, 0.05) is 12.6 Å². The number of hydrogen-bond acceptors (Lipinski definition) is 2. The van der Waals surface area contributed by atoms with E-state index in [1.54, 1.807) is 0 Å². The van der Waals surface area contributed by atoms with E-state index in [-0.39, 0.29) is 6.03 Å². The fourth-order valence-electron chi connectivity index (χ4n) is 2.74. The predicted octanol–water partition coefficient (Wildman–Crippen LogP) is 0.834. The van der Waals surface area contributed by atoms with Gasteiger partial charge in [-0.2, -0.15) is 0 Å². The Kier molecular flexibility index (Phi) is 2.40. The number of carbonyl (C=O) groups is 1. The molecule has 0 aromatic heterocycles. The normalized spacial score (nSPS) is 32.8. The summed E-state index contributed by atoms with van der Waals surface area (Å²) in [5, 5.41) is 0. The Labute approximate surface area is 78.4 Å². The van der Waals surface area contributed by atoms with Crippen LogP contribution >= 0.6 is 0 Å². The molecule has 1 heterocycles. The number of urea groups is 1. The molecule has 74 valence electrons. The lowest BCUT2D eigenvalue weighted by Gasteiger charge is -2.31. The Morgan fingerprint density at radius 2 is 2.08 bits per heavy atom. The smallest absolute Gasteiger partial charge is 0.320 e. The molecule has 2 rings (SSSR count). The SMILES string of the molecule is NNC(=O)N1CCC2CCCCC21.